The molecule has 5 nitrogen and oxygen atoms in total. The van der Waals surface area contributed by atoms with Crippen molar-refractivity contribution in [3.63, 3.8) is 0 Å². The maximum atomic E-state index is 13.0. The fraction of sp³-hybridized carbons (Fsp3) is 0.333. The summed E-state index contributed by atoms with van der Waals surface area (Å²) in [6.07, 6.45) is 1.58. The van der Waals surface area contributed by atoms with E-state index in [1.807, 2.05) is 12.1 Å². The molecule has 0 unspecified atom stereocenters. The van der Waals surface area contributed by atoms with Crippen molar-refractivity contribution in [3.05, 3.63) is 53.1 Å². The van der Waals surface area contributed by atoms with Gasteiger partial charge in [-0.15, -0.1) is 0 Å². The number of rotatable bonds is 5. The van der Waals surface area contributed by atoms with Crippen LogP contribution in [0.2, 0.25) is 5.02 Å². The molecule has 1 saturated heterocycles. The Hall–Kier alpha value is -1.76. The Morgan fingerprint density at radius 3 is 2.36 bits per heavy atom. The molecule has 0 spiro atoms. The van der Waals surface area contributed by atoms with Crippen molar-refractivity contribution in [2.75, 3.05) is 20.8 Å². The van der Waals surface area contributed by atoms with Crippen LogP contribution in [0.4, 0.5) is 0 Å². The average Bonchev–Trinajstić information content (AvgIpc) is 3.12. The van der Waals surface area contributed by atoms with Gasteiger partial charge in [-0.2, -0.15) is 4.31 Å². The lowest BCUT2D eigenvalue weighted by Crippen LogP contribution is -2.30. The maximum Gasteiger partial charge on any atom is 0.243 e. The SMILES string of the molecule is COc1ccc([C@H]2CCCN2S(=O)(=O)c2ccc(Cl)cc2)cc1OC. The van der Waals surface area contributed by atoms with Gasteiger partial charge in [0.15, 0.2) is 11.5 Å². The van der Waals surface area contributed by atoms with Gasteiger partial charge in [0.25, 0.3) is 0 Å². The fourth-order valence-electron chi connectivity index (χ4n) is 3.16. The van der Waals surface area contributed by atoms with E-state index in [1.54, 1.807) is 48.9 Å². The summed E-state index contributed by atoms with van der Waals surface area (Å²) < 4.78 is 38.2. The molecule has 0 aromatic heterocycles. The number of nitrogens with zero attached hydrogens (tertiary/aromatic N) is 1. The normalized spacial score (nSPS) is 18.3. The van der Waals surface area contributed by atoms with E-state index < -0.39 is 10.0 Å². The molecule has 1 atom stereocenters. The van der Waals surface area contributed by atoms with E-state index in [-0.39, 0.29) is 10.9 Å². The van der Waals surface area contributed by atoms with Crippen molar-refractivity contribution in [2.45, 2.75) is 23.8 Å². The lowest BCUT2D eigenvalue weighted by molar-refractivity contribution is 0.351. The predicted molar refractivity (Wildman–Crippen MR) is 96.9 cm³/mol. The van der Waals surface area contributed by atoms with Gasteiger partial charge in [0, 0.05) is 11.6 Å². The highest BCUT2D eigenvalue weighted by atomic mass is 35.5. The summed E-state index contributed by atoms with van der Waals surface area (Å²) in [5.41, 5.74) is 0.896. The van der Waals surface area contributed by atoms with Crippen LogP contribution in [0.3, 0.4) is 0 Å². The molecule has 0 aliphatic carbocycles. The second-order valence-electron chi connectivity index (χ2n) is 5.84. The number of sulfonamides is 1. The first-order chi connectivity index (χ1) is 12.0. The van der Waals surface area contributed by atoms with E-state index in [1.165, 1.54) is 0 Å². The highest BCUT2D eigenvalue weighted by Gasteiger charge is 2.36. The topological polar surface area (TPSA) is 55.8 Å². The van der Waals surface area contributed by atoms with Gasteiger partial charge in [0.1, 0.15) is 0 Å². The van der Waals surface area contributed by atoms with Crippen LogP contribution >= 0.6 is 11.6 Å². The van der Waals surface area contributed by atoms with Crippen LogP contribution in [0, 0.1) is 0 Å². The molecule has 3 rings (SSSR count). The van der Waals surface area contributed by atoms with Crippen molar-refractivity contribution in [1.29, 1.82) is 0 Å². The molecule has 0 bridgehead atoms. The van der Waals surface area contributed by atoms with Crippen LogP contribution in [0.15, 0.2) is 47.4 Å². The van der Waals surface area contributed by atoms with E-state index in [0.29, 0.717) is 23.1 Å². The molecule has 0 amide bonds. The molecule has 134 valence electrons. The van der Waals surface area contributed by atoms with Crippen molar-refractivity contribution in [2.24, 2.45) is 0 Å². The largest absolute Gasteiger partial charge is 0.493 e. The van der Waals surface area contributed by atoms with Crippen LogP contribution < -0.4 is 9.47 Å². The average molecular weight is 382 g/mol. The van der Waals surface area contributed by atoms with Crippen LogP contribution in [0.25, 0.3) is 0 Å². The van der Waals surface area contributed by atoms with Gasteiger partial charge in [-0.25, -0.2) is 8.42 Å². The Labute approximate surface area is 153 Å². The van der Waals surface area contributed by atoms with Gasteiger partial charge in [-0.05, 0) is 54.8 Å². The first kappa shape index (κ1) is 18.0. The van der Waals surface area contributed by atoms with Gasteiger partial charge in [0.05, 0.1) is 25.2 Å². The molecule has 7 heteroatoms. The quantitative estimate of drug-likeness (QED) is 0.788. The summed E-state index contributed by atoms with van der Waals surface area (Å²) in [5.74, 6) is 1.21. The van der Waals surface area contributed by atoms with Gasteiger partial charge in [0.2, 0.25) is 10.0 Å². The Balaban J connectivity index is 1.96. The standard InChI is InChI=1S/C18H20ClNO4S/c1-23-17-10-5-13(12-18(17)24-2)16-4-3-11-20(16)25(21,22)15-8-6-14(19)7-9-15/h5-10,12,16H,3-4,11H2,1-2H3/t16-/m1/s1. The summed E-state index contributed by atoms with van der Waals surface area (Å²) >= 11 is 5.87. The van der Waals surface area contributed by atoms with Crippen molar-refractivity contribution in [1.82, 2.24) is 4.31 Å². The summed E-state index contributed by atoms with van der Waals surface area (Å²) in [6.45, 7) is 0.490. The van der Waals surface area contributed by atoms with Gasteiger partial charge in [-0.1, -0.05) is 17.7 Å². The first-order valence-corrected chi connectivity index (χ1v) is 9.78. The number of hydrogen-bond donors (Lipinski definition) is 0. The zero-order chi connectivity index (χ0) is 18.0. The van der Waals surface area contributed by atoms with E-state index in [0.717, 1.165) is 18.4 Å². The zero-order valence-electron chi connectivity index (χ0n) is 14.1. The van der Waals surface area contributed by atoms with Crippen molar-refractivity contribution in [3.8, 4) is 11.5 Å². The van der Waals surface area contributed by atoms with E-state index >= 15 is 0 Å². The second-order valence-corrected chi connectivity index (χ2v) is 8.17. The molecule has 1 aliphatic rings. The fourth-order valence-corrected chi connectivity index (χ4v) is 4.97. The lowest BCUT2D eigenvalue weighted by Gasteiger charge is -2.25. The highest BCUT2D eigenvalue weighted by molar-refractivity contribution is 7.89. The third-order valence-corrected chi connectivity index (χ3v) is 6.59. The number of halogens is 1. The number of methoxy groups -OCH3 is 2. The minimum atomic E-state index is -3.59. The molecule has 2 aromatic rings. The van der Waals surface area contributed by atoms with E-state index in [2.05, 4.69) is 0 Å². The van der Waals surface area contributed by atoms with Crippen molar-refractivity contribution < 1.29 is 17.9 Å². The molecule has 0 saturated carbocycles. The molecule has 1 fully saturated rings. The van der Waals surface area contributed by atoms with E-state index in [9.17, 15) is 8.42 Å². The lowest BCUT2D eigenvalue weighted by atomic mass is 10.0. The molecule has 0 N–H and O–H groups in total. The monoisotopic (exact) mass is 381 g/mol. The summed E-state index contributed by atoms with van der Waals surface area (Å²) in [5, 5.41) is 0.511. The summed E-state index contributed by atoms with van der Waals surface area (Å²) in [4.78, 5) is 0.254. The van der Waals surface area contributed by atoms with E-state index in [4.69, 9.17) is 21.1 Å². The van der Waals surface area contributed by atoms with Gasteiger partial charge >= 0.3 is 0 Å². The Kier molecular flexibility index (Phi) is 5.22. The second kappa shape index (κ2) is 7.23. The molecular weight excluding hydrogens is 362 g/mol. The third-order valence-electron chi connectivity index (χ3n) is 4.42. The minimum absolute atomic E-state index is 0.222. The molecule has 25 heavy (non-hydrogen) atoms. The number of hydrogen-bond acceptors (Lipinski definition) is 4. The third kappa shape index (κ3) is 3.47. The van der Waals surface area contributed by atoms with Gasteiger partial charge in [-0.3, -0.25) is 0 Å². The molecular formula is C18H20ClNO4S. The predicted octanol–water partition coefficient (Wildman–Crippen LogP) is 3.88. The smallest absolute Gasteiger partial charge is 0.243 e. The summed E-state index contributed by atoms with van der Waals surface area (Å²) in [7, 11) is -0.444. The Morgan fingerprint density at radius 1 is 1.04 bits per heavy atom. The Morgan fingerprint density at radius 2 is 1.72 bits per heavy atom. The van der Waals surface area contributed by atoms with Crippen LogP contribution in [0.5, 0.6) is 11.5 Å². The van der Waals surface area contributed by atoms with Crippen molar-refractivity contribution >= 4 is 21.6 Å². The van der Waals surface area contributed by atoms with Crippen LogP contribution in [0.1, 0.15) is 24.4 Å². The molecule has 2 aromatic carbocycles. The first-order valence-electron chi connectivity index (χ1n) is 7.96. The number of ether oxygens (including phenoxy) is 2. The molecule has 0 radical (unpaired) electrons. The van der Waals surface area contributed by atoms with Crippen LogP contribution in [-0.4, -0.2) is 33.5 Å². The number of benzene rings is 2. The molecule has 1 heterocycles. The maximum absolute atomic E-state index is 13.0. The highest BCUT2D eigenvalue weighted by Crippen LogP contribution is 2.39. The summed E-state index contributed by atoms with van der Waals surface area (Å²) in [6, 6.07) is 11.6. The van der Waals surface area contributed by atoms with Gasteiger partial charge < -0.3 is 9.47 Å². The Bertz CT molecular complexity index is 852. The van der Waals surface area contributed by atoms with Crippen LogP contribution in [-0.2, 0) is 10.0 Å². The zero-order valence-corrected chi connectivity index (χ0v) is 15.7. The molecule has 1 aliphatic heterocycles. The minimum Gasteiger partial charge on any atom is -0.493 e.